The molecular weight excluding hydrogens is 596 g/mol. The number of hydrogen-bond donors (Lipinski definition) is 3. The van der Waals surface area contributed by atoms with Crippen molar-refractivity contribution in [2.24, 2.45) is 5.73 Å². The minimum absolute atomic E-state index is 0.0588. The number of amides is 1. The van der Waals surface area contributed by atoms with E-state index in [0.717, 1.165) is 43.4 Å². The number of esters is 1. The van der Waals surface area contributed by atoms with Gasteiger partial charge in [-0.05, 0) is 104 Å². The molecule has 4 aromatic carbocycles. The summed E-state index contributed by atoms with van der Waals surface area (Å²) in [7, 11) is 2.95. The molecule has 6 aromatic rings. The Balaban J connectivity index is 1.64. The third-order valence-corrected chi connectivity index (χ3v) is 9.17. The number of aryl methyl sites for hydroxylation is 3. The molecule has 6 rings (SSSR count). The molecule has 4 N–H and O–H groups in total. The molecule has 2 heterocycles. The van der Waals surface area contributed by atoms with Crippen LogP contribution < -0.4 is 15.8 Å². The van der Waals surface area contributed by atoms with Crippen LogP contribution in [-0.2, 0) is 11.3 Å². The van der Waals surface area contributed by atoms with Crippen LogP contribution in [0.3, 0.4) is 0 Å². The summed E-state index contributed by atoms with van der Waals surface area (Å²) >= 11 is 1.54. The normalized spacial score (nSPS) is 11.2. The van der Waals surface area contributed by atoms with E-state index in [-0.39, 0.29) is 11.7 Å². The average molecular weight is 631 g/mol. The number of amidine groups is 1. The first kappa shape index (κ1) is 30.6. The number of anilines is 1. The van der Waals surface area contributed by atoms with Gasteiger partial charge in [-0.2, -0.15) is 0 Å². The third kappa shape index (κ3) is 5.28. The molecule has 0 fully saturated rings. The first-order valence-electron chi connectivity index (χ1n) is 14.8. The highest BCUT2D eigenvalue weighted by atomic mass is 32.1. The number of hydrogen-bond acceptors (Lipinski definition) is 6. The number of fused-ring (bicyclic) bond motifs is 3. The summed E-state index contributed by atoms with van der Waals surface area (Å²) in [6.45, 7) is 6.98. The summed E-state index contributed by atoms with van der Waals surface area (Å²) in [6.07, 6.45) is 0. The van der Waals surface area contributed by atoms with E-state index in [2.05, 4.69) is 42.8 Å². The lowest BCUT2D eigenvalue weighted by molar-refractivity contribution is 0.0601. The lowest BCUT2D eigenvalue weighted by Crippen LogP contribution is -2.15. The van der Waals surface area contributed by atoms with Crippen molar-refractivity contribution in [1.82, 2.24) is 4.57 Å². The van der Waals surface area contributed by atoms with Crippen LogP contribution in [0.5, 0.6) is 5.75 Å². The van der Waals surface area contributed by atoms with E-state index < -0.39 is 5.97 Å². The van der Waals surface area contributed by atoms with Crippen LogP contribution >= 0.6 is 11.3 Å². The Labute approximate surface area is 270 Å². The van der Waals surface area contributed by atoms with E-state index in [0.29, 0.717) is 45.8 Å². The molecule has 0 aliphatic carbocycles. The van der Waals surface area contributed by atoms with Gasteiger partial charge in [0.2, 0.25) is 0 Å². The van der Waals surface area contributed by atoms with Crippen molar-refractivity contribution in [3.05, 3.63) is 106 Å². The van der Waals surface area contributed by atoms with Gasteiger partial charge in [-0.25, -0.2) is 4.79 Å². The second-order valence-electron chi connectivity index (χ2n) is 11.1. The first-order chi connectivity index (χ1) is 22.1. The van der Waals surface area contributed by atoms with Crippen LogP contribution in [0.15, 0.2) is 78.2 Å². The predicted octanol–water partition coefficient (Wildman–Crippen LogP) is 8.16. The summed E-state index contributed by atoms with van der Waals surface area (Å²) < 4.78 is 13.4. The minimum Gasteiger partial charge on any atom is -0.496 e. The van der Waals surface area contributed by atoms with Gasteiger partial charge in [0.25, 0.3) is 5.91 Å². The van der Waals surface area contributed by atoms with Crippen molar-refractivity contribution in [2.45, 2.75) is 27.3 Å². The average Bonchev–Trinajstić information content (AvgIpc) is 3.70. The summed E-state index contributed by atoms with van der Waals surface area (Å²) in [4.78, 5) is 28.6. The number of nitrogen functional groups attached to an aromatic ring is 1. The number of nitrogens with one attached hydrogen (secondary N) is 2. The Morgan fingerprint density at radius 3 is 2.28 bits per heavy atom. The van der Waals surface area contributed by atoms with E-state index >= 15 is 0 Å². The zero-order chi connectivity index (χ0) is 32.7. The Hall–Kier alpha value is -5.41. The fourth-order valence-corrected chi connectivity index (χ4v) is 6.96. The largest absolute Gasteiger partial charge is 0.496 e. The van der Waals surface area contributed by atoms with E-state index in [1.807, 2.05) is 41.8 Å². The molecule has 9 heteroatoms. The topological polar surface area (TPSA) is 119 Å². The van der Waals surface area contributed by atoms with Crippen LogP contribution in [-0.4, -0.2) is 36.5 Å². The van der Waals surface area contributed by atoms with Crippen LogP contribution in [0.4, 0.5) is 5.69 Å². The monoisotopic (exact) mass is 630 g/mol. The van der Waals surface area contributed by atoms with E-state index in [1.54, 1.807) is 31.4 Å². The van der Waals surface area contributed by atoms with Gasteiger partial charge in [-0.15, -0.1) is 11.3 Å². The van der Waals surface area contributed by atoms with Gasteiger partial charge in [0, 0.05) is 50.1 Å². The van der Waals surface area contributed by atoms with Crippen molar-refractivity contribution in [2.75, 3.05) is 19.5 Å². The van der Waals surface area contributed by atoms with E-state index in [1.165, 1.54) is 18.4 Å². The molecule has 8 nitrogen and oxygen atoms in total. The Kier molecular flexibility index (Phi) is 8.10. The molecule has 0 aliphatic rings. The molecule has 0 unspecified atom stereocenters. The number of carbonyl (C=O) groups is 2. The molecule has 0 saturated heterocycles. The first-order valence-corrected chi connectivity index (χ1v) is 15.7. The minimum atomic E-state index is -0.508. The van der Waals surface area contributed by atoms with E-state index in [4.69, 9.17) is 20.6 Å². The highest BCUT2D eigenvalue weighted by molar-refractivity contribution is 7.13. The van der Waals surface area contributed by atoms with Crippen LogP contribution in [0, 0.1) is 19.3 Å². The van der Waals surface area contributed by atoms with E-state index in [9.17, 15) is 9.59 Å². The number of methoxy groups -OCH3 is 2. The third-order valence-electron chi connectivity index (χ3n) is 8.27. The van der Waals surface area contributed by atoms with Crippen LogP contribution in [0.1, 0.15) is 44.3 Å². The fourth-order valence-electron chi connectivity index (χ4n) is 6.22. The molecule has 0 radical (unpaired) electrons. The Bertz CT molecular complexity index is 2160. The Morgan fingerprint density at radius 2 is 1.65 bits per heavy atom. The molecule has 0 bridgehead atoms. The van der Waals surface area contributed by atoms with Crippen LogP contribution in [0.2, 0.25) is 0 Å². The van der Waals surface area contributed by atoms with Crippen molar-refractivity contribution in [1.29, 1.82) is 5.41 Å². The standard InChI is InChI=1S/C37H34N4O4S/c1-6-41-31-18-24(29(37(43)45-5)16-26(31)27-15-20(2)14-21(3)34(27)41)25-19-32(44-4)30(33-8-7-13-46-33)17-28(25)36(42)40-23-11-9-22(10-12-23)35(38)39/h7-19H,6H2,1-5H3,(H3,38,39)(H,40,42). The molecule has 0 aliphatic heterocycles. The number of aromatic nitrogens is 1. The number of carbonyl (C=O) groups excluding carboxylic acids is 2. The number of benzene rings is 4. The maximum Gasteiger partial charge on any atom is 0.338 e. The molecule has 46 heavy (non-hydrogen) atoms. The van der Waals surface area contributed by atoms with Gasteiger partial charge in [0.05, 0.1) is 25.3 Å². The van der Waals surface area contributed by atoms with Crippen molar-refractivity contribution in [3.8, 4) is 27.3 Å². The number of thiophene rings is 1. The van der Waals surface area contributed by atoms with Crippen molar-refractivity contribution >= 4 is 56.5 Å². The fraction of sp³-hybridized carbons (Fsp3) is 0.162. The Morgan fingerprint density at radius 1 is 0.913 bits per heavy atom. The summed E-state index contributed by atoms with van der Waals surface area (Å²) in [6, 6.07) is 22.5. The zero-order valence-electron chi connectivity index (χ0n) is 26.3. The molecule has 232 valence electrons. The quantitative estimate of drug-likeness (QED) is 0.0891. The maximum absolute atomic E-state index is 14.2. The molecule has 0 saturated carbocycles. The van der Waals surface area contributed by atoms with Gasteiger partial charge >= 0.3 is 5.97 Å². The lowest BCUT2D eigenvalue weighted by atomic mass is 9.91. The van der Waals surface area contributed by atoms with Gasteiger partial charge in [0.15, 0.2) is 0 Å². The number of rotatable bonds is 8. The summed E-state index contributed by atoms with van der Waals surface area (Å²) in [5.41, 5.74) is 13.6. The summed E-state index contributed by atoms with van der Waals surface area (Å²) in [5, 5.41) is 14.6. The number of nitrogens with zero attached hydrogens (tertiary/aromatic N) is 1. The van der Waals surface area contributed by atoms with Gasteiger partial charge in [-0.1, -0.05) is 17.7 Å². The van der Waals surface area contributed by atoms with Gasteiger partial charge in [-0.3, -0.25) is 10.2 Å². The zero-order valence-corrected chi connectivity index (χ0v) is 27.1. The molecular formula is C37H34N4O4S. The second-order valence-corrected chi connectivity index (χ2v) is 12.1. The summed E-state index contributed by atoms with van der Waals surface area (Å²) in [5.74, 6) is -0.370. The number of ether oxygens (including phenoxy) is 2. The predicted molar refractivity (Wildman–Crippen MR) is 187 cm³/mol. The highest BCUT2D eigenvalue weighted by Gasteiger charge is 2.25. The smallest absolute Gasteiger partial charge is 0.338 e. The van der Waals surface area contributed by atoms with Gasteiger partial charge in [0.1, 0.15) is 11.6 Å². The molecule has 1 amide bonds. The van der Waals surface area contributed by atoms with Crippen molar-refractivity contribution < 1.29 is 19.1 Å². The molecule has 2 aromatic heterocycles. The highest BCUT2D eigenvalue weighted by Crippen LogP contribution is 2.43. The molecule has 0 spiro atoms. The van der Waals surface area contributed by atoms with Crippen LogP contribution in [0.25, 0.3) is 43.4 Å². The second kappa shape index (κ2) is 12.2. The lowest BCUT2D eigenvalue weighted by Gasteiger charge is -2.18. The number of nitrogens with two attached hydrogens (primary N) is 1. The molecule has 0 atom stereocenters. The van der Waals surface area contributed by atoms with Gasteiger partial charge < -0.3 is 25.1 Å². The SMILES string of the molecule is CCn1c2cc(-c3cc(OC)c(-c4cccs4)cc3C(=O)Nc3ccc(C(=N)N)cc3)c(C(=O)OC)cc2c2cc(C)cc(C)c21. The van der Waals surface area contributed by atoms with Crippen molar-refractivity contribution in [3.63, 3.8) is 0 Å². The maximum atomic E-state index is 14.2.